The SMILES string of the molecule is COCc1csc(C(=O)N2C[C@@H](C(=O)O)[C@H](c3ccc(Cl)cc3)C2)c1. The molecule has 1 aromatic heterocycles. The number of methoxy groups -OCH3 is 1. The van der Waals surface area contributed by atoms with Crippen LogP contribution in [0, 0.1) is 5.92 Å². The summed E-state index contributed by atoms with van der Waals surface area (Å²) in [4.78, 5) is 26.6. The van der Waals surface area contributed by atoms with Crippen molar-refractivity contribution in [3.8, 4) is 0 Å². The van der Waals surface area contributed by atoms with Crippen molar-refractivity contribution in [2.24, 2.45) is 5.92 Å². The van der Waals surface area contributed by atoms with Crippen LogP contribution in [0.3, 0.4) is 0 Å². The van der Waals surface area contributed by atoms with Gasteiger partial charge in [0.15, 0.2) is 0 Å². The van der Waals surface area contributed by atoms with Gasteiger partial charge in [-0.3, -0.25) is 9.59 Å². The maximum absolute atomic E-state index is 12.7. The molecule has 2 heterocycles. The fourth-order valence-electron chi connectivity index (χ4n) is 3.15. The summed E-state index contributed by atoms with van der Waals surface area (Å²) in [7, 11) is 1.60. The number of hydrogen-bond donors (Lipinski definition) is 1. The largest absolute Gasteiger partial charge is 0.481 e. The summed E-state index contributed by atoms with van der Waals surface area (Å²) in [5.41, 5.74) is 1.83. The molecular weight excluding hydrogens is 362 g/mol. The summed E-state index contributed by atoms with van der Waals surface area (Å²) in [5.74, 6) is -1.88. The minimum atomic E-state index is -0.887. The number of carboxylic acid groups (broad SMARTS) is 1. The van der Waals surface area contributed by atoms with Crippen molar-refractivity contribution in [3.05, 3.63) is 56.7 Å². The zero-order valence-electron chi connectivity index (χ0n) is 13.6. The zero-order valence-corrected chi connectivity index (χ0v) is 15.2. The molecule has 2 atom stereocenters. The fraction of sp³-hybridized carbons (Fsp3) is 0.333. The second kappa shape index (κ2) is 7.56. The van der Waals surface area contributed by atoms with Crippen LogP contribution in [0.5, 0.6) is 0 Å². The second-order valence-electron chi connectivity index (χ2n) is 6.07. The Balaban J connectivity index is 1.80. The number of amides is 1. The van der Waals surface area contributed by atoms with Gasteiger partial charge in [-0.25, -0.2) is 0 Å². The Morgan fingerprint density at radius 3 is 2.68 bits per heavy atom. The normalized spacial score (nSPS) is 20.0. The van der Waals surface area contributed by atoms with Gasteiger partial charge < -0.3 is 14.7 Å². The van der Waals surface area contributed by atoms with Gasteiger partial charge in [0.1, 0.15) is 0 Å². The number of halogens is 1. The molecule has 1 fully saturated rings. The lowest BCUT2D eigenvalue weighted by Gasteiger charge is -2.16. The zero-order chi connectivity index (χ0) is 18.0. The summed E-state index contributed by atoms with van der Waals surface area (Å²) in [6.07, 6.45) is 0. The molecule has 1 amide bonds. The third kappa shape index (κ3) is 3.86. The Hall–Kier alpha value is -1.89. The summed E-state index contributed by atoms with van der Waals surface area (Å²) < 4.78 is 5.07. The van der Waals surface area contributed by atoms with Crippen molar-refractivity contribution < 1.29 is 19.4 Å². The molecule has 0 aliphatic carbocycles. The predicted octanol–water partition coefficient (Wildman–Crippen LogP) is 3.49. The highest BCUT2D eigenvalue weighted by atomic mass is 35.5. The van der Waals surface area contributed by atoms with Crippen molar-refractivity contribution in [1.82, 2.24) is 4.90 Å². The molecule has 2 aromatic rings. The van der Waals surface area contributed by atoms with Crippen LogP contribution in [0.15, 0.2) is 35.7 Å². The second-order valence-corrected chi connectivity index (χ2v) is 7.41. The number of benzene rings is 1. The molecule has 0 radical (unpaired) electrons. The monoisotopic (exact) mass is 379 g/mol. The van der Waals surface area contributed by atoms with Crippen LogP contribution in [0.25, 0.3) is 0 Å². The van der Waals surface area contributed by atoms with Gasteiger partial charge in [-0.15, -0.1) is 11.3 Å². The number of likely N-dealkylation sites (tertiary alicyclic amines) is 1. The lowest BCUT2D eigenvalue weighted by molar-refractivity contribution is -0.141. The van der Waals surface area contributed by atoms with E-state index in [9.17, 15) is 14.7 Å². The van der Waals surface area contributed by atoms with Crippen LogP contribution in [-0.4, -0.2) is 42.1 Å². The van der Waals surface area contributed by atoms with Crippen molar-refractivity contribution in [3.63, 3.8) is 0 Å². The Labute approximate surface area is 154 Å². The van der Waals surface area contributed by atoms with Gasteiger partial charge in [-0.05, 0) is 34.7 Å². The molecule has 0 unspecified atom stereocenters. The Bertz CT molecular complexity index is 774. The van der Waals surface area contributed by atoms with E-state index in [4.69, 9.17) is 16.3 Å². The molecule has 0 saturated carbocycles. The predicted molar refractivity (Wildman–Crippen MR) is 96.3 cm³/mol. The van der Waals surface area contributed by atoms with E-state index in [2.05, 4.69) is 0 Å². The van der Waals surface area contributed by atoms with Crippen LogP contribution in [-0.2, 0) is 16.1 Å². The Morgan fingerprint density at radius 1 is 1.32 bits per heavy atom. The molecule has 0 bridgehead atoms. The van der Waals surface area contributed by atoms with Gasteiger partial charge in [0.05, 0.1) is 17.4 Å². The van der Waals surface area contributed by atoms with Crippen molar-refractivity contribution in [2.45, 2.75) is 12.5 Å². The average molecular weight is 380 g/mol. The number of carbonyl (C=O) groups excluding carboxylic acids is 1. The number of nitrogens with zero attached hydrogens (tertiary/aromatic N) is 1. The van der Waals surface area contributed by atoms with Gasteiger partial charge in [0.2, 0.25) is 0 Å². The maximum atomic E-state index is 12.7. The third-order valence-electron chi connectivity index (χ3n) is 4.40. The van der Waals surface area contributed by atoms with E-state index >= 15 is 0 Å². The summed E-state index contributed by atoms with van der Waals surface area (Å²) in [6.45, 7) is 1.04. The van der Waals surface area contributed by atoms with E-state index < -0.39 is 11.9 Å². The van der Waals surface area contributed by atoms with Crippen LogP contribution in [0.2, 0.25) is 5.02 Å². The molecule has 7 heteroatoms. The number of carboxylic acids is 1. The summed E-state index contributed by atoms with van der Waals surface area (Å²) >= 11 is 7.27. The first-order valence-electron chi connectivity index (χ1n) is 7.83. The van der Waals surface area contributed by atoms with Crippen molar-refractivity contribution >= 4 is 34.8 Å². The van der Waals surface area contributed by atoms with E-state index in [-0.39, 0.29) is 18.4 Å². The van der Waals surface area contributed by atoms with Crippen LogP contribution in [0.4, 0.5) is 0 Å². The number of aliphatic carboxylic acids is 1. The summed E-state index contributed by atoms with van der Waals surface area (Å²) in [6, 6.07) is 8.96. The highest BCUT2D eigenvalue weighted by Crippen LogP contribution is 2.34. The first kappa shape index (κ1) is 17.9. The molecule has 0 spiro atoms. The number of rotatable bonds is 5. The molecule has 5 nitrogen and oxygen atoms in total. The van der Waals surface area contributed by atoms with E-state index in [1.165, 1.54) is 11.3 Å². The van der Waals surface area contributed by atoms with Crippen LogP contribution >= 0.6 is 22.9 Å². The molecule has 1 aromatic carbocycles. The number of thiophene rings is 1. The molecular formula is C18H18ClNO4S. The quantitative estimate of drug-likeness (QED) is 0.863. The minimum Gasteiger partial charge on any atom is -0.481 e. The van der Waals surface area contributed by atoms with Crippen LogP contribution < -0.4 is 0 Å². The molecule has 1 N–H and O–H groups in total. The third-order valence-corrected chi connectivity index (χ3v) is 5.62. The molecule has 1 aliphatic heterocycles. The van der Waals surface area contributed by atoms with Gasteiger partial charge >= 0.3 is 5.97 Å². The molecule has 1 aliphatic rings. The van der Waals surface area contributed by atoms with Crippen LogP contribution in [0.1, 0.15) is 26.7 Å². The molecule has 3 rings (SSSR count). The smallest absolute Gasteiger partial charge is 0.308 e. The lowest BCUT2D eigenvalue weighted by Crippen LogP contribution is -2.29. The average Bonchev–Trinajstić information content (AvgIpc) is 3.22. The van der Waals surface area contributed by atoms with Gasteiger partial charge in [-0.2, -0.15) is 0 Å². The Kier molecular flexibility index (Phi) is 5.42. The lowest BCUT2D eigenvalue weighted by atomic mass is 9.89. The number of carbonyl (C=O) groups is 2. The topological polar surface area (TPSA) is 66.8 Å². The van der Waals surface area contributed by atoms with Crippen molar-refractivity contribution in [2.75, 3.05) is 20.2 Å². The highest BCUT2D eigenvalue weighted by Gasteiger charge is 2.40. The standard InChI is InChI=1S/C18H18ClNO4S/c1-24-9-11-6-16(25-10-11)17(21)20-7-14(15(8-20)18(22)23)12-2-4-13(19)5-3-12/h2-6,10,14-15H,7-9H2,1H3,(H,22,23)/t14-,15+/m0/s1. The summed E-state index contributed by atoms with van der Waals surface area (Å²) in [5, 5.41) is 12.1. The van der Waals surface area contributed by atoms with E-state index in [1.807, 2.05) is 23.6 Å². The van der Waals surface area contributed by atoms with E-state index in [1.54, 1.807) is 24.1 Å². The van der Waals surface area contributed by atoms with Crippen molar-refractivity contribution in [1.29, 1.82) is 0 Å². The number of hydrogen-bond acceptors (Lipinski definition) is 4. The molecule has 25 heavy (non-hydrogen) atoms. The minimum absolute atomic E-state index is 0.130. The molecule has 1 saturated heterocycles. The number of ether oxygens (including phenoxy) is 1. The maximum Gasteiger partial charge on any atom is 0.308 e. The first-order chi connectivity index (χ1) is 12.0. The highest BCUT2D eigenvalue weighted by molar-refractivity contribution is 7.12. The fourth-order valence-corrected chi connectivity index (χ4v) is 4.14. The Morgan fingerprint density at radius 2 is 2.04 bits per heavy atom. The van der Waals surface area contributed by atoms with E-state index in [0.29, 0.717) is 23.1 Å². The van der Waals surface area contributed by atoms with Gasteiger partial charge in [-0.1, -0.05) is 23.7 Å². The molecule has 132 valence electrons. The van der Waals surface area contributed by atoms with E-state index in [0.717, 1.165) is 11.1 Å². The first-order valence-corrected chi connectivity index (χ1v) is 9.09. The van der Waals surface area contributed by atoms with Gasteiger partial charge in [0, 0.05) is 31.1 Å². The van der Waals surface area contributed by atoms with Gasteiger partial charge in [0.25, 0.3) is 5.91 Å².